The lowest BCUT2D eigenvalue weighted by molar-refractivity contribution is -0.141. The summed E-state index contributed by atoms with van der Waals surface area (Å²) < 4.78 is 37.8. The van der Waals surface area contributed by atoms with E-state index in [1.165, 1.54) is 6.07 Å². The molecule has 7 heteroatoms. The number of hydrogen-bond acceptors (Lipinski definition) is 4. The lowest BCUT2D eigenvalue weighted by atomic mass is 10.2. The molecule has 1 fully saturated rings. The molecule has 1 heterocycles. The summed E-state index contributed by atoms with van der Waals surface area (Å²) in [5.41, 5.74) is -0.127. The van der Waals surface area contributed by atoms with E-state index in [0.29, 0.717) is 18.3 Å². The molecule has 1 N–H and O–H groups in total. The molecule has 0 atom stereocenters. The minimum atomic E-state index is -4.49. The number of alkyl halides is 3. The average Bonchev–Trinajstić information content (AvgIpc) is 3.30. The van der Waals surface area contributed by atoms with Crippen molar-refractivity contribution in [2.24, 2.45) is 5.92 Å². The van der Waals surface area contributed by atoms with E-state index in [0.717, 1.165) is 31.0 Å². The normalized spacial score (nSPS) is 14.7. The molecule has 122 valence electrons. The molecule has 0 unspecified atom stereocenters. The zero-order valence-corrected chi connectivity index (χ0v) is 12.3. The van der Waals surface area contributed by atoms with Crippen molar-refractivity contribution >= 4 is 5.82 Å². The van der Waals surface area contributed by atoms with Crippen LogP contribution in [0.25, 0.3) is 0 Å². The Morgan fingerprint density at radius 3 is 2.48 bits per heavy atom. The van der Waals surface area contributed by atoms with Crippen LogP contribution < -0.4 is 4.90 Å². The third-order valence-electron chi connectivity index (χ3n) is 3.72. The van der Waals surface area contributed by atoms with Crippen LogP contribution in [0, 0.1) is 5.92 Å². The highest BCUT2D eigenvalue weighted by molar-refractivity contribution is 5.40. The van der Waals surface area contributed by atoms with Crippen LogP contribution >= 0.6 is 0 Å². The van der Waals surface area contributed by atoms with E-state index in [-0.39, 0.29) is 5.75 Å². The van der Waals surface area contributed by atoms with Crippen LogP contribution in [-0.4, -0.2) is 21.8 Å². The third kappa shape index (κ3) is 4.12. The third-order valence-corrected chi connectivity index (χ3v) is 3.72. The van der Waals surface area contributed by atoms with Gasteiger partial charge in [-0.15, -0.1) is 10.2 Å². The Morgan fingerprint density at radius 1 is 1.13 bits per heavy atom. The second-order valence-electron chi connectivity index (χ2n) is 5.77. The number of aromatic nitrogens is 2. The fourth-order valence-corrected chi connectivity index (χ4v) is 2.37. The molecule has 1 aliphatic carbocycles. The van der Waals surface area contributed by atoms with E-state index < -0.39 is 11.9 Å². The van der Waals surface area contributed by atoms with Crippen molar-refractivity contribution in [1.82, 2.24) is 10.2 Å². The van der Waals surface area contributed by atoms with Crippen LogP contribution in [-0.2, 0) is 12.7 Å². The van der Waals surface area contributed by atoms with Gasteiger partial charge >= 0.3 is 6.18 Å². The Morgan fingerprint density at radius 2 is 1.91 bits per heavy atom. The molecule has 0 radical (unpaired) electrons. The van der Waals surface area contributed by atoms with E-state index in [1.807, 2.05) is 11.0 Å². The van der Waals surface area contributed by atoms with Crippen LogP contribution in [0.5, 0.6) is 5.75 Å². The van der Waals surface area contributed by atoms with Gasteiger partial charge in [0.2, 0.25) is 0 Å². The van der Waals surface area contributed by atoms with Crippen molar-refractivity contribution in [2.45, 2.75) is 25.6 Å². The van der Waals surface area contributed by atoms with Crippen LogP contribution in [0.15, 0.2) is 36.4 Å². The number of aromatic hydroxyl groups is 1. The fourth-order valence-electron chi connectivity index (χ4n) is 2.37. The Kier molecular flexibility index (Phi) is 4.11. The van der Waals surface area contributed by atoms with Crippen molar-refractivity contribution in [3.05, 3.63) is 47.7 Å². The first-order valence-corrected chi connectivity index (χ1v) is 7.35. The summed E-state index contributed by atoms with van der Waals surface area (Å²) in [5.74, 6) is 1.11. The summed E-state index contributed by atoms with van der Waals surface area (Å²) in [5, 5.41) is 16.6. The summed E-state index contributed by atoms with van der Waals surface area (Å²) in [4.78, 5) is 1.90. The molecule has 23 heavy (non-hydrogen) atoms. The van der Waals surface area contributed by atoms with Crippen LogP contribution in [0.2, 0.25) is 0 Å². The zero-order chi connectivity index (χ0) is 16.4. The maximum Gasteiger partial charge on any atom is 0.435 e. The van der Waals surface area contributed by atoms with Gasteiger partial charge in [0, 0.05) is 13.1 Å². The molecule has 0 aliphatic heterocycles. The maximum atomic E-state index is 12.6. The summed E-state index contributed by atoms with van der Waals surface area (Å²) in [6.07, 6.45) is -2.26. The second-order valence-corrected chi connectivity index (χ2v) is 5.77. The van der Waals surface area contributed by atoms with Gasteiger partial charge in [0.15, 0.2) is 11.5 Å². The van der Waals surface area contributed by atoms with Crippen molar-refractivity contribution in [1.29, 1.82) is 0 Å². The molecule has 1 saturated carbocycles. The standard InChI is InChI=1S/C16H16F3N3O/c17-16(18,19)14-6-7-15(21-20-14)22(9-11-4-5-11)10-12-2-1-3-13(23)8-12/h1-3,6-8,11,23H,4-5,9-10H2. The van der Waals surface area contributed by atoms with Crippen molar-refractivity contribution in [3.63, 3.8) is 0 Å². The Labute approximate surface area is 131 Å². The Bertz CT molecular complexity index is 669. The van der Waals surface area contributed by atoms with E-state index in [9.17, 15) is 18.3 Å². The van der Waals surface area contributed by atoms with Gasteiger partial charge in [-0.1, -0.05) is 12.1 Å². The summed E-state index contributed by atoms with van der Waals surface area (Å²) in [7, 11) is 0. The number of hydrogen-bond donors (Lipinski definition) is 1. The number of phenols is 1. The van der Waals surface area contributed by atoms with Crippen molar-refractivity contribution < 1.29 is 18.3 Å². The second kappa shape index (κ2) is 6.06. The van der Waals surface area contributed by atoms with Gasteiger partial charge < -0.3 is 10.0 Å². The highest BCUT2D eigenvalue weighted by Gasteiger charge is 2.33. The molecule has 4 nitrogen and oxygen atoms in total. The molecule has 0 bridgehead atoms. The fraction of sp³-hybridized carbons (Fsp3) is 0.375. The highest BCUT2D eigenvalue weighted by Crippen LogP contribution is 2.32. The average molecular weight is 323 g/mol. The first-order chi connectivity index (χ1) is 10.9. The molecule has 2 aromatic rings. The number of rotatable bonds is 5. The summed E-state index contributed by atoms with van der Waals surface area (Å²) in [6.45, 7) is 1.18. The molecule has 0 saturated heterocycles. The number of nitrogens with zero attached hydrogens (tertiary/aromatic N) is 3. The minimum Gasteiger partial charge on any atom is -0.508 e. The van der Waals surface area contributed by atoms with Gasteiger partial charge in [-0.25, -0.2) is 0 Å². The smallest absolute Gasteiger partial charge is 0.435 e. The van der Waals surface area contributed by atoms with Gasteiger partial charge in [0.05, 0.1) is 0 Å². The predicted octanol–water partition coefficient (Wildman–Crippen LogP) is 3.62. The first kappa shape index (κ1) is 15.6. The van der Waals surface area contributed by atoms with Crippen molar-refractivity contribution in [3.8, 4) is 5.75 Å². The summed E-state index contributed by atoms with van der Waals surface area (Å²) >= 11 is 0. The first-order valence-electron chi connectivity index (χ1n) is 7.35. The SMILES string of the molecule is Oc1cccc(CN(CC2CC2)c2ccc(C(F)(F)F)nn2)c1. The lowest BCUT2D eigenvalue weighted by Crippen LogP contribution is -2.26. The van der Waals surface area contributed by atoms with Gasteiger partial charge in [-0.2, -0.15) is 13.2 Å². The molecule has 1 aromatic carbocycles. The van der Waals surface area contributed by atoms with Crippen LogP contribution in [0.4, 0.5) is 19.0 Å². The quantitative estimate of drug-likeness (QED) is 0.913. The van der Waals surface area contributed by atoms with Gasteiger partial charge in [-0.3, -0.25) is 0 Å². The topological polar surface area (TPSA) is 49.2 Å². The molecular weight excluding hydrogens is 307 g/mol. The van der Waals surface area contributed by atoms with Gasteiger partial charge in [0.25, 0.3) is 0 Å². The van der Waals surface area contributed by atoms with E-state index in [2.05, 4.69) is 10.2 Å². The molecule has 1 aliphatic rings. The highest BCUT2D eigenvalue weighted by atomic mass is 19.4. The number of halogens is 3. The zero-order valence-electron chi connectivity index (χ0n) is 12.3. The van der Waals surface area contributed by atoms with Crippen molar-refractivity contribution in [2.75, 3.05) is 11.4 Å². The van der Waals surface area contributed by atoms with Crippen LogP contribution in [0.3, 0.4) is 0 Å². The van der Waals surface area contributed by atoms with Crippen LogP contribution in [0.1, 0.15) is 24.1 Å². The Balaban J connectivity index is 1.80. The summed E-state index contributed by atoms with van der Waals surface area (Å²) in [6, 6.07) is 9.10. The largest absolute Gasteiger partial charge is 0.508 e. The predicted molar refractivity (Wildman–Crippen MR) is 78.9 cm³/mol. The molecule has 0 amide bonds. The lowest BCUT2D eigenvalue weighted by Gasteiger charge is -2.23. The van der Waals surface area contributed by atoms with Gasteiger partial charge in [0.1, 0.15) is 5.75 Å². The van der Waals surface area contributed by atoms with E-state index >= 15 is 0 Å². The number of benzene rings is 1. The van der Waals surface area contributed by atoms with E-state index in [4.69, 9.17) is 0 Å². The van der Waals surface area contributed by atoms with E-state index in [1.54, 1.807) is 18.2 Å². The minimum absolute atomic E-state index is 0.160. The monoisotopic (exact) mass is 323 g/mol. The molecule has 1 aromatic heterocycles. The molecule has 0 spiro atoms. The Hall–Kier alpha value is -2.31. The number of anilines is 1. The molecule has 3 rings (SSSR count). The number of phenolic OH excluding ortho intramolecular Hbond substituents is 1. The maximum absolute atomic E-state index is 12.6. The molecular formula is C16H16F3N3O. The van der Waals surface area contributed by atoms with Gasteiger partial charge in [-0.05, 0) is 48.6 Å².